The van der Waals surface area contributed by atoms with Crippen molar-refractivity contribution >= 4 is 17.6 Å². The number of hydrogen-bond acceptors (Lipinski definition) is 6. The summed E-state index contributed by atoms with van der Waals surface area (Å²) in [5.41, 5.74) is 1.39. The summed E-state index contributed by atoms with van der Waals surface area (Å²) in [6.45, 7) is 1.02. The third-order valence-electron chi connectivity index (χ3n) is 6.35. The monoisotopic (exact) mass is 531 g/mol. The maximum atomic E-state index is 13.7. The SMILES string of the molecule is CC(=O)NCc1cc(-c2cc(C#N)ccc2-c2nncn2C)cc(N2Cc3c(cccc3C(F)(F)F)C2=O)n1. The van der Waals surface area contributed by atoms with Crippen LogP contribution in [-0.2, 0) is 31.1 Å². The van der Waals surface area contributed by atoms with Crippen LogP contribution < -0.4 is 10.2 Å². The summed E-state index contributed by atoms with van der Waals surface area (Å²) in [7, 11) is 1.76. The number of nitrogens with one attached hydrogen (secondary N) is 1. The number of alkyl halides is 3. The number of nitriles is 1. The average molecular weight is 531 g/mol. The zero-order chi connectivity index (χ0) is 27.9. The molecule has 4 aromatic rings. The average Bonchev–Trinajstić information content (AvgIpc) is 3.49. The summed E-state index contributed by atoms with van der Waals surface area (Å²) in [6, 6.07) is 13.9. The number of amides is 2. The summed E-state index contributed by atoms with van der Waals surface area (Å²) in [4.78, 5) is 30.6. The second-order valence-electron chi connectivity index (χ2n) is 8.97. The fourth-order valence-corrected chi connectivity index (χ4v) is 4.53. The van der Waals surface area contributed by atoms with E-state index < -0.39 is 17.6 Å². The molecular weight excluding hydrogens is 511 g/mol. The first-order chi connectivity index (χ1) is 18.6. The molecule has 1 aliphatic heterocycles. The molecular formula is C27H20F3N7O2. The number of anilines is 1. The van der Waals surface area contributed by atoms with E-state index in [0.717, 1.165) is 6.07 Å². The van der Waals surface area contributed by atoms with E-state index >= 15 is 0 Å². The molecule has 2 amide bonds. The molecule has 9 nitrogen and oxygen atoms in total. The Morgan fingerprint density at radius 1 is 1.13 bits per heavy atom. The molecule has 196 valence electrons. The number of aryl methyl sites for hydroxylation is 1. The number of aromatic nitrogens is 4. The van der Waals surface area contributed by atoms with Crippen LogP contribution in [0.25, 0.3) is 22.5 Å². The molecule has 5 rings (SSSR count). The summed E-state index contributed by atoms with van der Waals surface area (Å²) in [5, 5.41) is 20.3. The molecule has 0 bridgehead atoms. The van der Waals surface area contributed by atoms with E-state index in [0.29, 0.717) is 33.8 Å². The molecule has 0 aliphatic carbocycles. The van der Waals surface area contributed by atoms with Gasteiger partial charge in [0.2, 0.25) is 5.91 Å². The van der Waals surface area contributed by atoms with E-state index in [2.05, 4.69) is 26.6 Å². The summed E-state index contributed by atoms with van der Waals surface area (Å²) in [5.74, 6) is -0.316. The number of fused-ring (bicyclic) bond motifs is 1. The second-order valence-corrected chi connectivity index (χ2v) is 8.97. The smallest absolute Gasteiger partial charge is 0.351 e. The van der Waals surface area contributed by atoms with Gasteiger partial charge >= 0.3 is 6.18 Å². The van der Waals surface area contributed by atoms with Gasteiger partial charge in [0.15, 0.2) is 5.82 Å². The van der Waals surface area contributed by atoms with Gasteiger partial charge in [0.25, 0.3) is 5.91 Å². The number of pyridine rings is 1. The van der Waals surface area contributed by atoms with Gasteiger partial charge in [0, 0.05) is 25.1 Å². The Balaban J connectivity index is 1.67. The highest BCUT2D eigenvalue weighted by Crippen LogP contribution is 2.39. The first-order valence-corrected chi connectivity index (χ1v) is 11.7. The molecule has 0 saturated carbocycles. The Bertz CT molecular complexity index is 1670. The van der Waals surface area contributed by atoms with E-state index in [1.807, 2.05) is 0 Å². The third kappa shape index (κ3) is 4.82. The van der Waals surface area contributed by atoms with Crippen molar-refractivity contribution in [2.75, 3.05) is 4.90 Å². The van der Waals surface area contributed by atoms with Crippen LogP contribution in [0.15, 0.2) is 54.9 Å². The minimum absolute atomic E-state index is 0.0101. The van der Waals surface area contributed by atoms with Crippen molar-refractivity contribution in [3.63, 3.8) is 0 Å². The first kappa shape index (κ1) is 25.6. The number of benzene rings is 2. The quantitative estimate of drug-likeness (QED) is 0.412. The van der Waals surface area contributed by atoms with Gasteiger partial charge in [-0.1, -0.05) is 6.07 Å². The van der Waals surface area contributed by atoms with Gasteiger partial charge in [-0.3, -0.25) is 14.5 Å². The van der Waals surface area contributed by atoms with Crippen LogP contribution in [0.2, 0.25) is 0 Å². The number of carbonyl (C=O) groups is 2. The highest BCUT2D eigenvalue weighted by molar-refractivity contribution is 6.10. The highest BCUT2D eigenvalue weighted by Gasteiger charge is 2.40. The summed E-state index contributed by atoms with van der Waals surface area (Å²) in [6.07, 6.45) is -3.11. The van der Waals surface area contributed by atoms with Crippen molar-refractivity contribution in [1.29, 1.82) is 5.26 Å². The minimum atomic E-state index is -4.63. The molecule has 12 heteroatoms. The number of hydrogen-bond donors (Lipinski definition) is 1. The Labute approximate surface area is 220 Å². The molecule has 3 heterocycles. The van der Waals surface area contributed by atoms with E-state index in [-0.39, 0.29) is 35.9 Å². The molecule has 1 aliphatic rings. The lowest BCUT2D eigenvalue weighted by Gasteiger charge is -2.19. The number of nitrogens with zero attached hydrogens (tertiary/aromatic N) is 6. The highest BCUT2D eigenvalue weighted by atomic mass is 19.4. The molecule has 2 aromatic carbocycles. The molecule has 0 atom stereocenters. The van der Waals surface area contributed by atoms with Gasteiger partial charge in [-0.05, 0) is 59.2 Å². The summed E-state index contributed by atoms with van der Waals surface area (Å²) >= 11 is 0. The van der Waals surface area contributed by atoms with Crippen molar-refractivity contribution in [3.8, 4) is 28.6 Å². The van der Waals surface area contributed by atoms with Crippen LogP contribution in [0.4, 0.5) is 19.0 Å². The van der Waals surface area contributed by atoms with Crippen LogP contribution in [0, 0.1) is 11.3 Å². The minimum Gasteiger partial charge on any atom is -0.351 e. The number of halogens is 3. The molecule has 2 aromatic heterocycles. The van der Waals surface area contributed by atoms with Crippen LogP contribution in [-0.4, -0.2) is 31.6 Å². The number of rotatable bonds is 5. The van der Waals surface area contributed by atoms with Crippen LogP contribution >= 0.6 is 0 Å². The Morgan fingerprint density at radius 3 is 2.59 bits per heavy atom. The van der Waals surface area contributed by atoms with E-state index in [9.17, 15) is 28.0 Å². The van der Waals surface area contributed by atoms with E-state index in [4.69, 9.17) is 0 Å². The Morgan fingerprint density at radius 2 is 1.92 bits per heavy atom. The van der Waals surface area contributed by atoms with Crippen molar-refractivity contribution in [1.82, 2.24) is 25.1 Å². The van der Waals surface area contributed by atoms with Crippen molar-refractivity contribution < 1.29 is 22.8 Å². The van der Waals surface area contributed by atoms with E-state index in [1.54, 1.807) is 41.9 Å². The molecule has 0 saturated heterocycles. The predicted octanol–water partition coefficient (Wildman–Crippen LogP) is 4.23. The predicted molar refractivity (Wildman–Crippen MR) is 134 cm³/mol. The van der Waals surface area contributed by atoms with Gasteiger partial charge in [-0.2, -0.15) is 18.4 Å². The van der Waals surface area contributed by atoms with Crippen LogP contribution in [0.1, 0.15) is 39.7 Å². The molecule has 1 N–H and O–H groups in total. The molecule has 0 fully saturated rings. The Hall–Kier alpha value is -5.05. The standard InChI is InChI=1S/C27H20F3N7O2/c1-15(38)32-12-18-9-17(21-8-16(11-31)6-7-19(21)25-35-33-14-36(25)2)10-24(34-18)37-13-22-20(26(37)39)4-3-5-23(22)27(28,29)30/h3-10,14H,12-13H2,1-2H3,(H,32,38). The van der Waals surface area contributed by atoms with Gasteiger partial charge in [-0.25, -0.2) is 4.98 Å². The largest absolute Gasteiger partial charge is 0.416 e. The lowest BCUT2D eigenvalue weighted by Crippen LogP contribution is -2.25. The third-order valence-corrected chi connectivity index (χ3v) is 6.35. The van der Waals surface area contributed by atoms with Crippen LogP contribution in [0.5, 0.6) is 0 Å². The normalized spacial score (nSPS) is 12.8. The van der Waals surface area contributed by atoms with Gasteiger partial charge in [-0.15, -0.1) is 10.2 Å². The van der Waals surface area contributed by atoms with Crippen molar-refractivity contribution in [3.05, 3.63) is 82.8 Å². The fourth-order valence-electron chi connectivity index (χ4n) is 4.53. The van der Waals surface area contributed by atoms with E-state index in [1.165, 1.54) is 30.3 Å². The lowest BCUT2D eigenvalue weighted by molar-refractivity contribution is -0.138. The molecule has 39 heavy (non-hydrogen) atoms. The first-order valence-electron chi connectivity index (χ1n) is 11.7. The fraction of sp³-hybridized carbons (Fsp3) is 0.185. The zero-order valence-corrected chi connectivity index (χ0v) is 20.7. The maximum absolute atomic E-state index is 13.7. The van der Waals surface area contributed by atoms with Crippen molar-refractivity contribution in [2.24, 2.45) is 7.05 Å². The van der Waals surface area contributed by atoms with Crippen LogP contribution in [0.3, 0.4) is 0 Å². The second kappa shape index (κ2) is 9.68. The molecule has 0 radical (unpaired) electrons. The van der Waals surface area contributed by atoms with Gasteiger partial charge < -0.3 is 9.88 Å². The zero-order valence-electron chi connectivity index (χ0n) is 20.7. The van der Waals surface area contributed by atoms with Gasteiger partial charge in [0.1, 0.15) is 12.1 Å². The molecule has 0 spiro atoms. The molecule has 0 unspecified atom stereocenters. The topological polar surface area (TPSA) is 117 Å². The summed E-state index contributed by atoms with van der Waals surface area (Å²) < 4.78 is 42.7. The maximum Gasteiger partial charge on any atom is 0.416 e. The van der Waals surface area contributed by atoms with Gasteiger partial charge in [0.05, 0.1) is 36.0 Å². The lowest BCUT2D eigenvalue weighted by atomic mass is 9.96. The van der Waals surface area contributed by atoms with Crippen molar-refractivity contribution in [2.45, 2.75) is 26.2 Å². The number of carbonyl (C=O) groups excluding carboxylic acids is 2. The Kier molecular flexibility index (Phi) is 6.35.